The van der Waals surface area contributed by atoms with Gasteiger partial charge in [0.25, 0.3) is 0 Å². The first-order valence-corrected chi connectivity index (χ1v) is 9.50. The molecule has 0 saturated heterocycles. The number of ether oxygens (including phenoxy) is 2. The second-order valence-corrected chi connectivity index (χ2v) is 7.82. The predicted octanol–water partition coefficient (Wildman–Crippen LogP) is 4.02. The molecule has 0 radical (unpaired) electrons. The Bertz CT molecular complexity index is 1110. The molecule has 31 heavy (non-hydrogen) atoms. The van der Waals surface area contributed by atoms with E-state index in [9.17, 15) is 22.7 Å². The van der Waals surface area contributed by atoms with Crippen LogP contribution in [0, 0.1) is 11.7 Å². The number of anilines is 1. The van der Waals surface area contributed by atoms with Crippen LogP contribution in [-0.2, 0) is 0 Å². The van der Waals surface area contributed by atoms with Gasteiger partial charge in [-0.25, -0.2) is 4.39 Å². The first-order chi connectivity index (χ1) is 14.6. The van der Waals surface area contributed by atoms with Crippen molar-refractivity contribution < 1.29 is 32.1 Å². The summed E-state index contributed by atoms with van der Waals surface area (Å²) < 4.78 is 63.9. The van der Waals surface area contributed by atoms with Crippen molar-refractivity contribution in [2.45, 2.75) is 31.7 Å². The minimum atomic E-state index is -4.96. The topological polar surface area (TPSA) is 80.9 Å². The molecular weight excluding hydrogens is 420 g/mol. The Kier molecular flexibility index (Phi) is 5.16. The van der Waals surface area contributed by atoms with Crippen molar-refractivity contribution in [3.63, 3.8) is 0 Å². The van der Waals surface area contributed by atoms with Crippen molar-refractivity contribution in [2.75, 3.05) is 19.0 Å². The fourth-order valence-electron chi connectivity index (χ4n) is 3.91. The Labute approximate surface area is 174 Å². The molecule has 0 amide bonds. The van der Waals surface area contributed by atoms with Crippen molar-refractivity contribution in [1.82, 2.24) is 14.6 Å². The monoisotopic (exact) mass is 440 g/mol. The molecule has 2 N–H and O–H groups in total. The summed E-state index contributed by atoms with van der Waals surface area (Å²) >= 11 is 0. The summed E-state index contributed by atoms with van der Waals surface area (Å²) in [7, 11) is 1.30. The lowest BCUT2D eigenvalue weighted by atomic mass is 9.72. The number of nitrogens with zero attached hydrogens (tertiary/aromatic N) is 3. The minimum absolute atomic E-state index is 0.0460. The van der Waals surface area contributed by atoms with Crippen LogP contribution in [0.5, 0.6) is 11.5 Å². The van der Waals surface area contributed by atoms with Crippen molar-refractivity contribution in [3.8, 4) is 22.8 Å². The van der Waals surface area contributed by atoms with Gasteiger partial charge < -0.3 is 19.9 Å². The number of nitrogens with one attached hydrogen (secondary N) is 1. The predicted molar refractivity (Wildman–Crippen MR) is 103 cm³/mol. The number of halogens is 4. The van der Waals surface area contributed by atoms with Gasteiger partial charge in [-0.1, -0.05) is 0 Å². The van der Waals surface area contributed by atoms with E-state index in [1.54, 1.807) is 6.92 Å². The molecule has 1 fully saturated rings. The Morgan fingerprint density at radius 2 is 2.00 bits per heavy atom. The first-order valence-electron chi connectivity index (χ1n) is 9.50. The Morgan fingerprint density at radius 3 is 2.65 bits per heavy atom. The van der Waals surface area contributed by atoms with Gasteiger partial charge in [0.2, 0.25) is 5.95 Å². The molecule has 11 heteroatoms. The summed E-state index contributed by atoms with van der Waals surface area (Å²) in [6.07, 6.45) is -2.30. The van der Waals surface area contributed by atoms with Crippen molar-refractivity contribution in [3.05, 3.63) is 36.3 Å². The maximum Gasteiger partial charge on any atom is 0.573 e. The zero-order valence-corrected chi connectivity index (χ0v) is 16.7. The first kappa shape index (κ1) is 21.2. The molecule has 1 aliphatic carbocycles. The number of hydrogen-bond donors (Lipinski definition) is 2. The molecule has 1 aliphatic rings. The van der Waals surface area contributed by atoms with Crippen LogP contribution in [0.25, 0.3) is 16.8 Å². The van der Waals surface area contributed by atoms with Gasteiger partial charge in [-0.2, -0.15) is 0 Å². The summed E-state index contributed by atoms with van der Waals surface area (Å²) in [5.41, 5.74) is -0.924. The number of alkyl halides is 3. The molecule has 4 rings (SSSR count). The number of rotatable bonds is 6. The van der Waals surface area contributed by atoms with E-state index in [1.165, 1.54) is 35.9 Å². The number of aromatic nitrogens is 3. The van der Waals surface area contributed by atoms with E-state index >= 15 is 0 Å². The zero-order valence-electron chi connectivity index (χ0n) is 16.7. The third-order valence-electron chi connectivity index (χ3n) is 5.21. The quantitative estimate of drug-likeness (QED) is 0.564. The van der Waals surface area contributed by atoms with Gasteiger partial charge >= 0.3 is 6.36 Å². The molecule has 166 valence electrons. The molecule has 2 aromatic heterocycles. The maximum absolute atomic E-state index is 14.6. The number of aliphatic hydroxyl groups is 1. The van der Waals surface area contributed by atoms with Gasteiger partial charge in [-0.05, 0) is 43.9 Å². The summed E-state index contributed by atoms with van der Waals surface area (Å²) in [6.45, 7) is 2.25. The molecular formula is C20H20F4N4O3. The van der Waals surface area contributed by atoms with Crippen LogP contribution < -0.4 is 14.8 Å². The fourth-order valence-corrected chi connectivity index (χ4v) is 3.91. The molecule has 3 aromatic rings. The summed E-state index contributed by atoms with van der Waals surface area (Å²) in [5.74, 6) is -0.659. The highest BCUT2D eigenvalue weighted by Crippen LogP contribution is 2.39. The third-order valence-corrected chi connectivity index (χ3v) is 5.21. The van der Waals surface area contributed by atoms with E-state index in [-0.39, 0.29) is 34.4 Å². The van der Waals surface area contributed by atoms with E-state index < -0.39 is 23.5 Å². The molecule has 0 unspecified atom stereocenters. The SMILES string of the molecule is COc1ccc(-c2nnc(NCC3CC(C)(O)C3)n3ccc(F)c23)c(OC(F)(F)F)c1. The zero-order chi connectivity index (χ0) is 22.4. The van der Waals surface area contributed by atoms with Crippen LogP contribution in [0.1, 0.15) is 19.8 Å². The average Bonchev–Trinajstić information content (AvgIpc) is 3.05. The van der Waals surface area contributed by atoms with Crippen molar-refractivity contribution in [2.24, 2.45) is 5.92 Å². The van der Waals surface area contributed by atoms with E-state index in [4.69, 9.17) is 4.74 Å². The highest BCUT2D eigenvalue weighted by molar-refractivity contribution is 5.82. The van der Waals surface area contributed by atoms with Gasteiger partial charge in [0.1, 0.15) is 22.7 Å². The largest absolute Gasteiger partial charge is 0.573 e. The highest BCUT2D eigenvalue weighted by atomic mass is 19.4. The van der Waals surface area contributed by atoms with E-state index in [0.717, 1.165) is 6.07 Å². The lowest BCUT2D eigenvalue weighted by Crippen LogP contribution is -2.43. The standard InChI is InChI=1S/C20H20F4N4O3/c1-19(29)8-11(9-19)10-25-18-27-26-16(17-14(21)5-6-28(17)18)13-4-3-12(30-2)7-15(13)31-20(22,23)24/h3-7,11,29H,8-10H2,1-2H3,(H,25,27). The summed E-state index contributed by atoms with van der Waals surface area (Å²) in [4.78, 5) is 0. The van der Waals surface area contributed by atoms with Crippen LogP contribution in [0.3, 0.4) is 0 Å². The Hall–Kier alpha value is -3.08. The molecule has 0 spiro atoms. The van der Waals surface area contributed by atoms with Crippen LogP contribution in [-0.4, -0.2) is 45.3 Å². The summed E-state index contributed by atoms with van der Waals surface area (Å²) in [5, 5.41) is 21.0. The second kappa shape index (κ2) is 7.56. The van der Waals surface area contributed by atoms with E-state index in [0.29, 0.717) is 19.4 Å². The van der Waals surface area contributed by atoms with E-state index in [2.05, 4.69) is 20.3 Å². The van der Waals surface area contributed by atoms with Gasteiger partial charge in [0, 0.05) is 24.4 Å². The van der Waals surface area contributed by atoms with Gasteiger partial charge in [-0.15, -0.1) is 23.4 Å². The van der Waals surface area contributed by atoms with Gasteiger partial charge in [0.15, 0.2) is 5.82 Å². The molecule has 0 bridgehead atoms. The van der Waals surface area contributed by atoms with Crippen LogP contribution >= 0.6 is 0 Å². The molecule has 0 atom stereocenters. The van der Waals surface area contributed by atoms with E-state index in [1.807, 2.05) is 0 Å². The van der Waals surface area contributed by atoms with Crippen LogP contribution in [0.4, 0.5) is 23.5 Å². The lowest BCUT2D eigenvalue weighted by molar-refractivity contribution is -0.274. The molecule has 7 nitrogen and oxygen atoms in total. The van der Waals surface area contributed by atoms with Crippen molar-refractivity contribution >= 4 is 11.5 Å². The van der Waals surface area contributed by atoms with Gasteiger partial charge in [-0.3, -0.25) is 4.40 Å². The normalized spacial score (nSPS) is 21.1. The molecule has 1 saturated carbocycles. The summed E-state index contributed by atoms with van der Waals surface area (Å²) in [6, 6.07) is 4.96. The lowest BCUT2D eigenvalue weighted by Gasteiger charge is -2.41. The van der Waals surface area contributed by atoms with Crippen LogP contribution in [0.15, 0.2) is 30.5 Å². The molecule has 2 heterocycles. The average molecular weight is 440 g/mol. The smallest absolute Gasteiger partial charge is 0.497 e. The molecule has 0 aliphatic heterocycles. The number of fused-ring (bicyclic) bond motifs is 1. The maximum atomic E-state index is 14.6. The van der Waals surface area contributed by atoms with Gasteiger partial charge in [0.05, 0.1) is 12.7 Å². The third kappa shape index (κ3) is 4.36. The number of methoxy groups -OCH3 is 1. The highest BCUT2D eigenvalue weighted by Gasteiger charge is 2.38. The molecule has 1 aromatic carbocycles. The van der Waals surface area contributed by atoms with Crippen LogP contribution in [0.2, 0.25) is 0 Å². The number of hydrogen-bond acceptors (Lipinski definition) is 6. The Morgan fingerprint density at radius 1 is 1.26 bits per heavy atom. The minimum Gasteiger partial charge on any atom is -0.497 e. The second-order valence-electron chi connectivity index (χ2n) is 7.82. The fraction of sp³-hybridized carbons (Fsp3) is 0.400. The van der Waals surface area contributed by atoms with Crippen molar-refractivity contribution in [1.29, 1.82) is 0 Å². The Balaban J connectivity index is 1.72. The number of benzene rings is 1.